The zero-order valence-electron chi connectivity index (χ0n) is 17.4. The summed E-state index contributed by atoms with van der Waals surface area (Å²) < 4.78 is 8.47. The number of thiophene rings is 1. The molecule has 0 radical (unpaired) electrons. The molecule has 164 valence electrons. The molecule has 0 atom stereocenters. The third-order valence-corrected chi connectivity index (χ3v) is 6.96. The van der Waals surface area contributed by atoms with Crippen LogP contribution < -0.4 is 10.3 Å². The minimum absolute atomic E-state index is 0.234. The zero-order valence-corrected chi connectivity index (χ0v) is 19.7. The van der Waals surface area contributed by atoms with Crippen molar-refractivity contribution in [2.75, 3.05) is 0 Å². The Morgan fingerprint density at radius 2 is 1.70 bits per heavy atom. The average molecular weight is 493 g/mol. The van der Waals surface area contributed by atoms with Crippen LogP contribution in [0.2, 0.25) is 10.0 Å². The molecule has 7 heteroatoms. The molecule has 0 aliphatic carbocycles. The van der Waals surface area contributed by atoms with E-state index in [1.165, 1.54) is 11.3 Å². The maximum absolute atomic E-state index is 12.4. The quantitative estimate of drug-likeness (QED) is 0.254. The van der Waals surface area contributed by atoms with Gasteiger partial charge in [0.2, 0.25) is 0 Å². The SMILES string of the molecule is O=c1ncn(Cc2ccc(Cl)cc2)c2cc(-c3ccc(OCc4ccccc4)c(Cl)c3)sc12. The fraction of sp³-hybridized carbons (Fsp3) is 0.0769. The van der Waals surface area contributed by atoms with E-state index >= 15 is 0 Å². The summed E-state index contributed by atoms with van der Waals surface area (Å²) in [5, 5.41) is 1.21. The molecule has 2 aromatic heterocycles. The molecule has 0 spiro atoms. The van der Waals surface area contributed by atoms with Crippen LogP contribution in [0.1, 0.15) is 11.1 Å². The Morgan fingerprint density at radius 1 is 0.909 bits per heavy atom. The normalized spacial score (nSPS) is 11.1. The number of benzene rings is 3. The molecule has 5 rings (SSSR count). The highest BCUT2D eigenvalue weighted by Gasteiger charge is 2.13. The number of hydrogen-bond donors (Lipinski definition) is 0. The van der Waals surface area contributed by atoms with Crippen molar-refractivity contribution in [1.82, 2.24) is 9.55 Å². The lowest BCUT2D eigenvalue weighted by atomic mass is 10.1. The van der Waals surface area contributed by atoms with Gasteiger partial charge in [-0.3, -0.25) is 4.79 Å². The van der Waals surface area contributed by atoms with E-state index in [2.05, 4.69) is 4.98 Å². The van der Waals surface area contributed by atoms with Crippen LogP contribution in [0, 0.1) is 0 Å². The van der Waals surface area contributed by atoms with Gasteiger partial charge < -0.3 is 9.30 Å². The first-order valence-electron chi connectivity index (χ1n) is 10.3. The summed E-state index contributed by atoms with van der Waals surface area (Å²) in [5.74, 6) is 0.620. The first-order chi connectivity index (χ1) is 16.1. The Bertz CT molecular complexity index is 1480. The van der Waals surface area contributed by atoms with Gasteiger partial charge >= 0.3 is 0 Å². The summed E-state index contributed by atoms with van der Waals surface area (Å²) in [6, 6.07) is 25.3. The fourth-order valence-electron chi connectivity index (χ4n) is 3.55. The van der Waals surface area contributed by atoms with Gasteiger partial charge in [-0.1, -0.05) is 65.7 Å². The first-order valence-corrected chi connectivity index (χ1v) is 11.8. The van der Waals surface area contributed by atoms with Gasteiger partial charge in [-0.25, -0.2) is 0 Å². The Hall–Kier alpha value is -3.12. The highest BCUT2D eigenvalue weighted by atomic mass is 35.5. The van der Waals surface area contributed by atoms with Crippen LogP contribution in [0.4, 0.5) is 0 Å². The van der Waals surface area contributed by atoms with Crippen molar-refractivity contribution in [3.63, 3.8) is 0 Å². The molecule has 0 amide bonds. The van der Waals surface area contributed by atoms with Crippen LogP contribution in [-0.4, -0.2) is 9.55 Å². The number of hydrogen-bond acceptors (Lipinski definition) is 4. The highest BCUT2D eigenvalue weighted by Crippen LogP contribution is 2.36. The van der Waals surface area contributed by atoms with E-state index in [-0.39, 0.29) is 5.56 Å². The number of rotatable bonds is 6. The molecule has 3 aromatic carbocycles. The van der Waals surface area contributed by atoms with Gasteiger partial charge in [-0.2, -0.15) is 4.98 Å². The van der Waals surface area contributed by atoms with Crippen LogP contribution in [0.25, 0.3) is 20.7 Å². The lowest BCUT2D eigenvalue weighted by Gasteiger charge is -2.09. The summed E-state index contributed by atoms with van der Waals surface area (Å²) in [6.07, 6.45) is 1.59. The van der Waals surface area contributed by atoms with E-state index in [0.717, 1.165) is 27.1 Å². The number of fused-ring (bicyclic) bond motifs is 1. The van der Waals surface area contributed by atoms with Gasteiger partial charge in [0.15, 0.2) is 0 Å². The van der Waals surface area contributed by atoms with Crippen molar-refractivity contribution in [3.8, 4) is 16.2 Å². The van der Waals surface area contributed by atoms with Crippen molar-refractivity contribution in [1.29, 1.82) is 0 Å². The topological polar surface area (TPSA) is 44.1 Å². The number of nitrogens with zero attached hydrogens (tertiary/aromatic N) is 2. The second-order valence-corrected chi connectivity index (χ2v) is 9.44. The first kappa shape index (κ1) is 21.7. The molecule has 0 fully saturated rings. The third-order valence-electron chi connectivity index (χ3n) is 5.25. The summed E-state index contributed by atoms with van der Waals surface area (Å²) in [5.41, 5.74) is 3.67. The fourth-order valence-corrected chi connectivity index (χ4v) is 4.97. The third kappa shape index (κ3) is 4.81. The van der Waals surface area contributed by atoms with Crippen molar-refractivity contribution >= 4 is 44.8 Å². The van der Waals surface area contributed by atoms with Crippen LogP contribution in [-0.2, 0) is 13.2 Å². The monoisotopic (exact) mass is 492 g/mol. The maximum Gasteiger partial charge on any atom is 0.290 e. The van der Waals surface area contributed by atoms with E-state index in [1.54, 1.807) is 6.33 Å². The number of aromatic nitrogens is 2. The zero-order chi connectivity index (χ0) is 22.8. The van der Waals surface area contributed by atoms with Crippen molar-refractivity contribution in [2.45, 2.75) is 13.2 Å². The number of halogens is 2. The molecule has 0 aliphatic rings. The Kier molecular flexibility index (Phi) is 6.18. The van der Waals surface area contributed by atoms with E-state index in [4.69, 9.17) is 27.9 Å². The van der Waals surface area contributed by atoms with Crippen LogP contribution >= 0.6 is 34.5 Å². The Morgan fingerprint density at radius 3 is 2.45 bits per heavy atom. The van der Waals surface area contributed by atoms with Crippen molar-refractivity contribution in [3.05, 3.63) is 117 Å². The van der Waals surface area contributed by atoms with Crippen molar-refractivity contribution in [2.24, 2.45) is 0 Å². The molecule has 0 aliphatic heterocycles. The van der Waals surface area contributed by atoms with Crippen LogP contribution in [0.5, 0.6) is 5.75 Å². The predicted octanol–water partition coefficient (Wildman–Crippen LogP) is 7.06. The van der Waals surface area contributed by atoms with Gasteiger partial charge in [0.25, 0.3) is 5.56 Å². The molecule has 4 nitrogen and oxygen atoms in total. The smallest absolute Gasteiger partial charge is 0.290 e. The second kappa shape index (κ2) is 9.40. The van der Waals surface area contributed by atoms with Crippen LogP contribution in [0.15, 0.2) is 90.0 Å². The lowest BCUT2D eigenvalue weighted by Crippen LogP contribution is -2.11. The molecule has 0 unspecified atom stereocenters. The summed E-state index contributed by atoms with van der Waals surface area (Å²) in [7, 11) is 0. The Balaban J connectivity index is 1.43. The highest BCUT2D eigenvalue weighted by molar-refractivity contribution is 7.22. The summed E-state index contributed by atoms with van der Waals surface area (Å²) in [6.45, 7) is 1.03. The molecule has 33 heavy (non-hydrogen) atoms. The van der Waals surface area contributed by atoms with E-state index in [0.29, 0.717) is 33.6 Å². The molecular weight excluding hydrogens is 475 g/mol. The molecule has 2 heterocycles. The van der Waals surface area contributed by atoms with Crippen molar-refractivity contribution < 1.29 is 4.74 Å². The predicted molar refractivity (Wildman–Crippen MR) is 136 cm³/mol. The summed E-state index contributed by atoms with van der Waals surface area (Å²) >= 11 is 13.9. The number of ether oxygens (including phenoxy) is 1. The minimum Gasteiger partial charge on any atom is -0.487 e. The van der Waals surface area contributed by atoms with Gasteiger partial charge in [0.1, 0.15) is 17.1 Å². The average Bonchev–Trinajstić information content (AvgIpc) is 3.29. The molecular formula is C26H18Cl2N2O2S. The summed E-state index contributed by atoms with van der Waals surface area (Å²) in [4.78, 5) is 17.4. The molecule has 5 aromatic rings. The maximum atomic E-state index is 12.4. The second-order valence-electron chi connectivity index (χ2n) is 7.55. The molecule has 0 saturated heterocycles. The molecule has 0 N–H and O–H groups in total. The molecule has 0 bridgehead atoms. The van der Waals surface area contributed by atoms with E-state index in [1.807, 2.05) is 83.4 Å². The van der Waals surface area contributed by atoms with Gasteiger partial charge in [0.05, 0.1) is 16.9 Å². The van der Waals surface area contributed by atoms with Crippen LogP contribution in [0.3, 0.4) is 0 Å². The minimum atomic E-state index is -0.234. The standard InChI is InChI=1S/C26H18Cl2N2O2S/c27-20-9-6-17(7-10-20)14-30-16-29-26(31)25-22(30)13-24(33-25)19-8-11-23(21(28)12-19)32-15-18-4-2-1-3-5-18/h1-13,16H,14-15H2. The van der Waals surface area contributed by atoms with Gasteiger partial charge in [-0.15, -0.1) is 11.3 Å². The van der Waals surface area contributed by atoms with E-state index in [9.17, 15) is 4.79 Å². The molecule has 0 saturated carbocycles. The Labute approximate surface area is 204 Å². The lowest BCUT2D eigenvalue weighted by molar-refractivity contribution is 0.306. The van der Waals surface area contributed by atoms with Gasteiger partial charge in [-0.05, 0) is 53.1 Å². The van der Waals surface area contributed by atoms with E-state index < -0.39 is 0 Å². The largest absolute Gasteiger partial charge is 0.487 e. The van der Waals surface area contributed by atoms with Gasteiger partial charge in [0, 0.05) is 16.4 Å².